The predicted molar refractivity (Wildman–Crippen MR) is 133 cm³/mol. The van der Waals surface area contributed by atoms with Gasteiger partial charge >= 0.3 is 0 Å². The maximum Gasteiger partial charge on any atom is 0.242 e. The van der Waals surface area contributed by atoms with Gasteiger partial charge in [0, 0.05) is 30.5 Å². The molecule has 1 atom stereocenters. The Morgan fingerprint density at radius 3 is 2.44 bits per heavy atom. The van der Waals surface area contributed by atoms with Crippen molar-refractivity contribution in [3.63, 3.8) is 0 Å². The second-order valence-electron chi connectivity index (χ2n) is 8.76. The van der Waals surface area contributed by atoms with Gasteiger partial charge in [0.2, 0.25) is 11.8 Å². The van der Waals surface area contributed by atoms with Gasteiger partial charge in [-0.2, -0.15) is 11.8 Å². The maximum atomic E-state index is 13.2. The lowest BCUT2D eigenvalue weighted by atomic mass is 9.95. The third kappa shape index (κ3) is 7.40. The number of carbonyl (C=O) groups excluding carboxylic acids is 2. The molecule has 1 fully saturated rings. The van der Waals surface area contributed by atoms with Crippen molar-refractivity contribution in [3.05, 3.63) is 71.3 Å². The van der Waals surface area contributed by atoms with E-state index in [4.69, 9.17) is 0 Å². The van der Waals surface area contributed by atoms with Gasteiger partial charge in [-0.25, -0.2) is 0 Å². The Hall–Kier alpha value is -2.27. The van der Waals surface area contributed by atoms with Crippen LogP contribution in [0.25, 0.3) is 0 Å². The molecule has 2 aromatic rings. The number of thioether (sulfide) groups is 1. The molecule has 1 unspecified atom stereocenters. The summed E-state index contributed by atoms with van der Waals surface area (Å²) in [6, 6.07) is 18.2. The summed E-state index contributed by atoms with van der Waals surface area (Å²) in [5, 5.41) is 3.21. The fraction of sp³-hybridized carbons (Fsp3) is 0.481. The molecule has 2 amide bonds. The van der Waals surface area contributed by atoms with Crippen LogP contribution in [0.3, 0.4) is 0 Å². The Kier molecular flexibility index (Phi) is 9.66. The van der Waals surface area contributed by atoms with Gasteiger partial charge in [-0.05, 0) is 43.4 Å². The highest BCUT2D eigenvalue weighted by molar-refractivity contribution is 7.98. The van der Waals surface area contributed by atoms with Crippen LogP contribution in [0.1, 0.15) is 62.1 Å². The van der Waals surface area contributed by atoms with Gasteiger partial charge < -0.3 is 10.2 Å². The largest absolute Gasteiger partial charge is 0.352 e. The third-order valence-electron chi connectivity index (χ3n) is 6.29. The first-order chi connectivity index (χ1) is 15.5. The van der Waals surface area contributed by atoms with Gasteiger partial charge in [0.15, 0.2) is 0 Å². The van der Waals surface area contributed by atoms with Gasteiger partial charge in [0.1, 0.15) is 6.04 Å². The van der Waals surface area contributed by atoms with E-state index in [9.17, 15) is 9.59 Å². The van der Waals surface area contributed by atoms with E-state index < -0.39 is 6.04 Å². The number of aryl methyl sites for hydroxylation is 1. The van der Waals surface area contributed by atoms with E-state index in [1.54, 1.807) is 16.7 Å². The van der Waals surface area contributed by atoms with Gasteiger partial charge in [-0.15, -0.1) is 0 Å². The van der Waals surface area contributed by atoms with E-state index in [0.717, 1.165) is 35.5 Å². The van der Waals surface area contributed by atoms with Crippen LogP contribution in [0.15, 0.2) is 54.6 Å². The molecule has 1 saturated carbocycles. The zero-order chi connectivity index (χ0) is 22.8. The van der Waals surface area contributed by atoms with E-state index in [1.165, 1.54) is 24.8 Å². The molecule has 0 aliphatic heterocycles. The molecule has 3 rings (SSSR count). The number of rotatable bonds is 10. The van der Waals surface area contributed by atoms with E-state index in [2.05, 4.69) is 30.4 Å². The monoisotopic (exact) mass is 452 g/mol. The molecular weight excluding hydrogens is 416 g/mol. The fourth-order valence-corrected chi connectivity index (χ4v) is 5.08. The van der Waals surface area contributed by atoms with E-state index >= 15 is 0 Å². The van der Waals surface area contributed by atoms with Gasteiger partial charge in [-0.3, -0.25) is 9.59 Å². The highest BCUT2D eigenvalue weighted by atomic mass is 32.2. The molecule has 1 aliphatic carbocycles. The average molecular weight is 453 g/mol. The first-order valence-electron chi connectivity index (χ1n) is 11.8. The van der Waals surface area contributed by atoms with Crippen LogP contribution >= 0.6 is 11.8 Å². The summed E-state index contributed by atoms with van der Waals surface area (Å²) < 4.78 is 0. The molecule has 2 aromatic carbocycles. The lowest BCUT2D eigenvalue weighted by Gasteiger charge is -2.31. The fourth-order valence-electron chi connectivity index (χ4n) is 4.19. The highest BCUT2D eigenvalue weighted by Gasteiger charge is 2.28. The minimum Gasteiger partial charge on any atom is -0.352 e. The number of amides is 2. The van der Waals surface area contributed by atoms with Crippen molar-refractivity contribution in [2.24, 2.45) is 0 Å². The summed E-state index contributed by atoms with van der Waals surface area (Å²) >= 11 is 1.76. The SMILES string of the molecule is Cc1ccccc1CN(C(=O)CCSCc1ccccc1)C(C)C(=O)NC1CCCCC1. The Labute approximate surface area is 197 Å². The molecule has 0 radical (unpaired) electrons. The van der Waals surface area contributed by atoms with Crippen molar-refractivity contribution < 1.29 is 9.59 Å². The lowest BCUT2D eigenvalue weighted by Crippen LogP contribution is -2.50. The topological polar surface area (TPSA) is 49.4 Å². The molecule has 1 aliphatic rings. The molecule has 0 spiro atoms. The Morgan fingerprint density at radius 1 is 1.03 bits per heavy atom. The van der Waals surface area contributed by atoms with E-state index in [1.807, 2.05) is 43.3 Å². The molecule has 1 N–H and O–H groups in total. The van der Waals surface area contributed by atoms with Crippen LogP contribution in [0.4, 0.5) is 0 Å². The molecule has 4 nitrogen and oxygen atoms in total. The van der Waals surface area contributed by atoms with Crippen molar-refractivity contribution in [2.45, 2.75) is 76.8 Å². The van der Waals surface area contributed by atoms with Crippen molar-refractivity contribution in [1.82, 2.24) is 10.2 Å². The van der Waals surface area contributed by atoms with Gasteiger partial charge in [0.05, 0.1) is 0 Å². The van der Waals surface area contributed by atoms with Crippen LogP contribution in [0.5, 0.6) is 0 Å². The summed E-state index contributed by atoms with van der Waals surface area (Å²) in [7, 11) is 0. The first kappa shape index (κ1) is 24.4. The standard InChI is InChI=1S/C27H36N2O2S/c1-21-11-9-10-14-24(21)19-29(22(2)27(31)28-25-15-7-4-8-16-25)26(30)17-18-32-20-23-12-5-3-6-13-23/h3,5-6,9-14,22,25H,4,7-8,15-20H2,1-2H3,(H,28,31). The summed E-state index contributed by atoms with van der Waals surface area (Å²) in [4.78, 5) is 28.0. The molecule has 0 saturated heterocycles. The number of benzene rings is 2. The van der Waals surface area contributed by atoms with Crippen molar-refractivity contribution in [3.8, 4) is 0 Å². The normalized spacial score (nSPS) is 15.2. The van der Waals surface area contributed by atoms with Crippen LogP contribution in [0.2, 0.25) is 0 Å². The molecule has 0 aromatic heterocycles. The second-order valence-corrected chi connectivity index (χ2v) is 9.86. The zero-order valence-electron chi connectivity index (χ0n) is 19.4. The minimum atomic E-state index is -0.483. The smallest absolute Gasteiger partial charge is 0.242 e. The molecule has 5 heteroatoms. The Morgan fingerprint density at radius 2 is 1.72 bits per heavy atom. The molecule has 0 bridgehead atoms. The number of hydrogen-bond acceptors (Lipinski definition) is 3. The van der Waals surface area contributed by atoms with Crippen LogP contribution in [0, 0.1) is 6.92 Å². The molecule has 0 heterocycles. The van der Waals surface area contributed by atoms with Crippen molar-refractivity contribution in [2.75, 3.05) is 5.75 Å². The Balaban J connectivity index is 1.61. The first-order valence-corrected chi connectivity index (χ1v) is 13.0. The minimum absolute atomic E-state index is 0.0317. The number of nitrogens with zero attached hydrogens (tertiary/aromatic N) is 1. The van der Waals surface area contributed by atoms with E-state index in [-0.39, 0.29) is 17.9 Å². The lowest BCUT2D eigenvalue weighted by molar-refractivity contribution is -0.140. The maximum absolute atomic E-state index is 13.2. The van der Waals surface area contributed by atoms with Crippen LogP contribution in [-0.4, -0.2) is 34.6 Å². The quantitative estimate of drug-likeness (QED) is 0.485. The second kappa shape index (κ2) is 12.7. The van der Waals surface area contributed by atoms with Crippen molar-refractivity contribution >= 4 is 23.6 Å². The highest BCUT2D eigenvalue weighted by Crippen LogP contribution is 2.20. The predicted octanol–water partition coefficient (Wildman–Crippen LogP) is 5.48. The molecule has 172 valence electrons. The number of hydrogen-bond donors (Lipinski definition) is 1. The Bertz CT molecular complexity index is 865. The number of carbonyl (C=O) groups is 2. The summed E-state index contributed by atoms with van der Waals surface area (Å²) in [6.07, 6.45) is 6.11. The van der Waals surface area contributed by atoms with Crippen LogP contribution in [-0.2, 0) is 21.9 Å². The summed E-state index contributed by atoms with van der Waals surface area (Å²) in [6.45, 7) is 4.39. The molecule has 32 heavy (non-hydrogen) atoms. The zero-order valence-corrected chi connectivity index (χ0v) is 20.2. The van der Waals surface area contributed by atoms with Gasteiger partial charge in [-0.1, -0.05) is 73.9 Å². The molecular formula is C27H36N2O2S. The summed E-state index contributed by atoms with van der Waals surface area (Å²) in [5.41, 5.74) is 3.50. The van der Waals surface area contributed by atoms with E-state index in [0.29, 0.717) is 13.0 Å². The van der Waals surface area contributed by atoms with Gasteiger partial charge in [0.25, 0.3) is 0 Å². The third-order valence-corrected chi connectivity index (χ3v) is 7.32. The average Bonchev–Trinajstić information content (AvgIpc) is 2.82. The van der Waals surface area contributed by atoms with Crippen molar-refractivity contribution in [1.29, 1.82) is 0 Å². The van der Waals surface area contributed by atoms with Crippen LogP contribution < -0.4 is 5.32 Å². The number of nitrogens with one attached hydrogen (secondary N) is 1. The summed E-state index contributed by atoms with van der Waals surface area (Å²) in [5.74, 6) is 1.65.